The van der Waals surface area contributed by atoms with Crippen LogP contribution in [-0.2, 0) is 7.05 Å². The summed E-state index contributed by atoms with van der Waals surface area (Å²) in [4.78, 5) is 19.2. The highest BCUT2D eigenvalue weighted by Gasteiger charge is 2.32. The SMILES string of the molecule is Cn1ccnc1C1CNCCN1C(=O)c1ccn(-c2ccc(F)cc2)n1. The molecule has 0 radical (unpaired) electrons. The molecular weight excluding hydrogens is 335 g/mol. The van der Waals surface area contributed by atoms with Crippen molar-refractivity contribution >= 4 is 5.91 Å². The van der Waals surface area contributed by atoms with Crippen molar-refractivity contribution in [2.24, 2.45) is 7.05 Å². The van der Waals surface area contributed by atoms with Crippen molar-refractivity contribution in [2.75, 3.05) is 19.6 Å². The number of amides is 1. The highest BCUT2D eigenvalue weighted by molar-refractivity contribution is 5.92. The minimum absolute atomic E-state index is 0.139. The molecule has 3 heterocycles. The molecule has 1 N–H and O–H groups in total. The maximum Gasteiger partial charge on any atom is 0.275 e. The number of imidazole rings is 1. The lowest BCUT2D eigenvalue weighted by atomic mass is 10.1. The number of nitrogens with zero attached hydrogens (tertiary/aromatic N) is 5. The van der Waals surface area contributed by atoms with E-state index in [-0.39, 0.29) is 17.8 Å². The van der Waals surface area contributed by atoms with Gasteiger partial charge in [-0.25, -0.2) is 14.1 Å². The lowest BCUT2D eigenvalue weighted by molar-refractivity contribution is 0.0614. The van der Waals surface area contributed by atoms with Gasteiger partial charge in [0.25, 0.3) is 5.91 Å². The van der Waals surface area contributed by atoms with Gasteiger partial charge in [-0.05, 0) is 30.3 Å². The van der Waals surface area contributed by atoms with Crippen LogP contribution in [0.5, 0.6) is 0 Å². The normalized spacial score (nSPS) is 17.5. The summed E-state index contributed by atoms with van der Waals surface area (Å²) in [6, 6.07) is 7.52. The zero-order valence-corrected chi connectivity index (χ0v) is 14.3. The van der Waals surface area contributed by atoms with Crippen molar-refractivity contribution in [3.8, 4) is 5.69 Å². The van der Waals surface area contributed by atoms with Crippen molar-refractivity contribution in [3.05, 3.63) is 66.3 Å². The molecule has 0 spiro atoms. The third-order valence-electron chi connectivity index (χ3n) is 4.56. The Kier molecular flexibility index (Phi) is 4.26. The quantitative estimate of drug-likeness (QED) is 0.775. The Hall–Kier alpha value is -3.00. The molecule has 1 amide bonds. The van der Waals surface area contributed by atoms with Gasteiger partial charge in [-0.2, -0.15) is 5.10 Å². The van der Waals surface area contributed by atoms with E-state index in [1.807, 2.05) is 17.8 Å². The zero-order chi connectivity index (χ0) is 18.1. The Labute approximate surface area is 150 Å². The van der Waals surface area contributed by atoms with Gasteiger partial charge in [-0.15, -0.1) is 0 Å². The topological polar surface area (TPSA) is 68.0 Å². The van der Waals surface area contributed by atoms with E-state index >= 15 is 0 Å². The Morgan fingerprint density at radius 1 is 1.23 bits per heavy atom. The summed E-state index contributed by atoms with van der Waals surface area (Å²) in [5.74, 6) is 0.389. The van der Waals surface area contributed by atoms with Crippen LogP contribution in [0.4, 0.5) is 4.39 Å². The molecule has 1 aliphatic heterocycles. The number of halogens is 1. The molecular formula is C18H19FN6O. The van der Waals surface area contributed by atoms with Gasteiger partial charge in [0.2, 0.25) is 0 Å². The minimum Gasteiger partial charge on any atom is -0.336 e. The van der Waals surface area contributed by atoms with Gasteiger partial charge in [0, 0.05) is 45.3 Å². The second kappa shape index (κ2) is 6.72. The molecule has 1 fully saturated rings. The van der Waals surface area contributed by atoms with Crippen LogP contribution >= 0.6 is 0 Å². The van der Waals surface area contributed by atoms with Crippen LogP contribution in [0.1, 0.15) is 22.4 Å². The van der Waals surface area contributed by atoms with E-state index in [2.05, 4.69) is 15.4 Å². The molecule has 1 saturated heterocycles. The fraction of sp³-hybridized carbons (Fsp3) is 0.278. The zero-order valence-electron chi connectivity index (χ0n) is 14.3. The Morgan fingerprint density at radius 3 is 2.77 bits per heavy atom. The molecule has 4 rings (SSSR count). The van der Waals surface area contributed by atoms with E-state index < -0.39 is 0 Å². The number of hydrogen-bond acceptors (Lipinski definition) is 4. The summed E-state index contributed by atoms with van der Waals surface area (Å²) in [7, 11) is 1.92. The highest BCUT2D eigenvalue weighted by Crippen LogP contribution is 2.22. The molecule has 1 aromatic carbocycles. The van der Waals surface area contributed by atoms with Gasteiger partial charge in [-0.1, -0.05) is 0 Å². The first-order valence-electron chi connectivity index (χ1n) is 8.44. The fourth-order valence-electron chi connectivity index (χ4n) is 3.20. The van der Waals surface area contributed by atoms with Crippen molar-refractivity contribution in [2.45, 2.75) is 6.04 Å². The Balaban J connectivity index is 1.60. The third-order valence-corrected chi connectivity index (χ3v) is 4.56. The average molecular weight is 354 g/mol. The van der Waals surface area contributed by atoms with Gasteiger partial charge in [0.1, 0.15) is 17.7 Å². The maximum atomic E-state index is 13.1. The number of benzene rings is 1. The van der Waals surface area contributed by atoms with Crippen LogP contribution < -0.4 is 5.32 Å². The third kappa shape index (κ3) is 2.99. The molecule has 3 aromatic rings. The Bertz CT molecular complexity index is 916. The number of carbonyl (C=O) groups is 1. The molecule has 8 heteroatoms. The smallest absolute Gasteiger partial charge is 0.275 e. The first kappa shape index (κ1) is 16.5. The van der Waals surface area contributed by atoms with Crippen molar-refractivity contribution in [1.29, 1.82) is 0 Å². The predicted octanol–water partition coefficient (Wildman–Crippen LogP) is 1.53. The number of nitrogens with one attached hydrogen (secondary N) is 1. The second-order valence-electron chi connectivity index (χ2n) is 6.24. The lowest BCUT2D eigenvalue weighted by Gasteiger charge is -2.35. The molecule has 7 nitrogen and oxygen atoms in total. The molecule has 0 aliphatic carbocycles. The van der Waals surface area contributed by atoms with Crippen LogP contribution in [-0.4, -0.2) is 49.8 Å². The summed E-state index contributed by atoms with van der Waals surface area (Å²) in [6.07, 6.45) is 5.31. The van der Waals surface area contributed by atoms with Gasteiger partial charge in [0.05, 0.1) is 5.69 Å². The number of piperazine rings is 1. The van der Waals surface area contributed by atoms with E-state index in [1.165, 1.54) is 12.1 Å². The summed E-state index contributed by atoms with van der Waals surface area (Å²) >= 11 is 0. The van der Waals surface area contributed by atoms with Gasteiger partial charge in [0.15, 0.2) is 5.69 Å². The molecule has 134 valence electrons. The first-order chi connectivity index (χ1) is 12.6. The molecule has 1 unspecified atom stereocenters. The maximum absolute atomic E-state index is 13.1. The first-order valence-corrected chi connectivity index (χ1v) is 8.44. The van der Waals surface area contributed by atoms with Crippen molar-refractivity contribution in [1.82, 2.24) is 29.5 Å². The van der Waals surface area contributed by atoms with E-state index in [4.69, 9.17) is 0 Å². The van der Waals surface area contributed by atoms with Crippen molar-refractivity contribution < 1.29 is 9.18 Å². The van der Waals surface area contributed by atoms with Crippen LogP contribution in [0.25, 0.3) is 5.69 Å². The number of rotatable bonds is 3. The molecule has 0 saturated carbocycles. The number of carbonyl (C=O) groups excluding carboxylic acids is 1. The lowest BCUT2D eigenvalue weighted by Crippen LogP contribution is -2.49. The summed E-state index contributed by atoms with van der Waals surface area (Å²) in [5.41, 5.74) is 1.06. The Morgan fingerprint density at radius 2 is 2.04 bits per heavy atom. The monoisotopic (exact) mass is 354 g/mol. The summed E-state index contributed by atoms with van der Waals surface area (Å²) in [6.45, 7) is 1.96. The predicted molar refractivity (Wildman–Crippen MR) is 93.4 cm³/mol. The summed E-state index contributed by atoms with van der Waals surface area (Å²) < 4.78 is 16.6. The molecule has 2 aromatic heterocycles. The fourth-order valence-corrected chi connectivity index (χ4v) is 3.20. The molecule has 1 aliphatic rings. The van der Waals surface area contributed by atoms with Gasteiger partial charge in [-0.3, -0.25) is 4.79 Å². The van der Waals surface area contributed by atoms with E-state index in [9.17, 15) is 9.18 Å². The standard InChI is InChI=1S/C18H19FN6O/c1-23-10-8-21-17(23)16-12-20-7-11-24(16)18(26)15-6-9-25(22-15)14-4-2-13(19)3-5-14/h2-6,8-10,16,20H,7,11-12H2,1H3. The van der Waals surface area contributed by atoms with E-state index in [0.29, 0.717) is 24.5 Å². The molecule has 1 atom stereocenters. The van der Waals surface area contributed by atoms with Gasteiger partial charge >= 0.3 is 0 Å². The van der Waals surface area contributed by atoms with Crippen LogP contribution in [0.3, 0.4) is 0 Å². The van der Waals surface area contributed by atoms with E-state index in [0.717, 1.165) is 12.4 Å². The number of hydrogen-bond donors (Lipinski definition) is 1. The largest absolute Gasteiger partial charge is 0.336 e. The van der Waals surface area contributed by atoms with Crippen LogP contribution in [0, 0.1) is 5.82 Å². The minimum atomic E-state index is -0.309. The van der Waals surface area contributed by atoms with Gasteiger partial charge < -0.3 is 14.8 Å². The van der Waals surface area contributed by atoms with Crippen LogP contribution in [0.2, 0.25) is 0 Å². The summed E-state index contributed by atoms with van der Waals surface area (Å²) in [5, 5.41) is 7.69. The molecule has 26 heavy (non-hydrogen) atoms. The van der Waals surface area contributed by atoms with E-state index in [1.54, 1.807) is 40.2 Å². The number of aromatic nitrogens is 4. The molecule has 0 bridgehead atoms. The average Bonchev–Trinajstić information content (AvgIpc) is 3.31. The highest BCUT2D eigenvalue weighted by atomic mass is 19.1. The second-order valence-corrected chi connectivity index (χ2v) is 6.24. The van der Waals surface area contributed by atoms with Crippen LogP contribution in [0.15, 0.2) is 48.9 Å². The van der Waals surface area contributed by atoms with Crippen molar-refractivity contribution in [3.63, 3.8) is 0 Å². The number of aryl methyl sites for hydroxylation is 1.